The number of hydrogen-bond acceptors (Lipinski definition) is 5. The van der Waals surface area contributed by atoms with Crippen LogP contribution >= 0.6 is 11.3 Å². The van der Waals surface area contributed by atoms with Gasteiger partial charge in [0.2, 0.25) is 0 Å². The Morgan fingerprint density at radius 1 is 1.14 bits per heavy atom. The fourth-order valence-electron chi connectivity index (χ4n) is 3.04. The number of carbonyl (C=O) groups excluding carboxylic acids is 2. The van der Waals surface area contributed by atoms with Crippen LogP contribution in [0.2, 0.25) is 0 Å². The Hall–Kier alpha value is -3.32. The molecule has 1 aromatic heterocycles. The van der Waals surface area contributed by atoms with E-state index in [0.29, 0.717) is 29.5 Å². The first-order valence-corrected chi connectivity index (χ1v) is 10.1. The molecule has 29 heavy (non-hydrogen) atoms. The fraction of sp³-hybridized carbons (Fsp3) is 0.182. The van der Waals surface area contributed by atoms with Gasteiger partial charge < -0.3 is 20.1 Å². The number of rotatable bonds is 6. The minimum Gasteiger partial charge on any atom is -0.488 e. The van der Waals surface area contributed by atoms with Crippen LogP contribution in [-0.4, -0.2) is 25.0 Å². The van der Waals surface area contributed by atoms with Gasteiger partial charge in [0, 0.05) is 28.2 Å². The molecule has 0 atom stereocenters. The molecular formula is C22H20N2O4S. The summed E-state index contributed by atoms with van der Waals surface area (Å²) in [6.07, 6.45) is 0. The van der Waals surface area contributed by atoms with Crippen LogP contribution < -0.4 is 20.1 Å². The summed E-state index contributed by atoms with van der Waals surface area (Å²) in [7, 11) is 0. The average Bonchev–Trinajstić information content (AvgIpc) is 3.19. The van der Waals surface area contributed by atoms with Gasteiger partial charge in [0.15, 0.2) is 6.61 Å². The van der Waals surface area contributed by atoms with Crippen molar-refractivity contribution in [1.82, 2.24) is 5.32 Å². The number of nitrogens with one attached hydrogen (secondary N) is 2. The molecule has 1 aliphatic rings. The third-order valence-electron chi connectivity index (χ3n) is 4.40. The van der Waals surface area contributed by atoms with E-state index in [9.17, 15) is 9.59 Å². The number of fused-ring (bicyclic) bond motifs is 3. The standard InChI is InChI=1S/C22H20N2O4S/c1-2-23-20(25)13-27-16-9-7-15(8-10-16)24-22(26)19-11-14-12-28-18-6-4-3-5-17(18)21(14)29-19/h3-11H,2,12-13H2,1H3,(H,23,25)(H,24,26). The van der Waals surface area contributed by atoms with Crippen molar-refractivity contribution in [3.63, 3.8) is 0 Å². The van der Waals surface area contributed by atoms with Gasteiger partial charge in [0.05, 0.1) is 4.88 Å². The summed E-state index contributed by atoms with van der Waals surface area (Å²) >= 11 is 1.46. The highest BCUT2D eigenvalue weighted by Crippen LogP contribution is 2.42. The smallest absolute Gasteiger partial charge is 0.265 e. The minimum absolute atomic E-state index is 0.0379. The molecule has 2 amide bonds. The lowest BCUT2D eigenvalue weighted by molar-refractivity contribution is -0.122. The Balaban J connectivity index is 1.42. The summed E-state index contributed by atoms with van der Waals surface area (Å²) < 4.78 is 11.2. The molecule has 0 fully saturated rings. The third kappa shape index (κ3) is 4.25. The van der Waals surface area contributed by atoms with E-state index in [0.717, 1.165) is 21.8 Å². The molecule has 4 rings (SSSR count). The van der Waals surface area contributed by atoms with Crippen LogP contribution in [0.1, 0.15) is 22.2 Å². The maximum Gasteiger partial charge on any atom is 0.265 e. The van der Waals surface area contributed by atoms with Crippen molar-refractivity contribution in [2.45, 2.75) is 13.5 Å². The number of amides is 2. The summed E-state index contributed by atoms with van der Waals surface area (Å²) in [5.41, 5.74) is 2.70. The number of hydrogen-bond donors (Lipinski definition) is 2. The highest BCUT2D eigenvalue weighted by atomic mass is 32.1. The van der Waals surface area contributed by atoms with Crippen LogP contribution in [0.15, 0.2) is 54.6 Å². The van der Waals surface area contributed by atoms with Crippen molar-refractivity contribution in [2.24, 2.45) is 0 Å². The minimum atomic E-state index is -0.169. The van der Waals surface area contributed by atoms with E-state index in [1.165, 1.54) is 11.3 Å². The largest absolute Gasteiger partial charge is 0.488 e. The molecule has 3 aromatic rings. The van der Waals surface area contributed by atoms with E-state index in [-0.39, 0.29) is 18.4 Å². The Labute approximate surface area is 172 Å². The van der Waals surface area contributed by atoms with Crippen molar-refractivity contribution in [1.29, 1.82) is 0 Å². The zero-order valence-corrected chi connectivity index (χ0v) is 16.7. The number of anilines is 1. The quantitative estimate of drug-likeness (QED) is 0.645. The van der Waals surface area contributed by atoms with Crippen LogP contribution in [0.3, 0.4) is 0 Å². The molecule has 1 aliphatic heterocycles. The highest BCUT2D eigenvalue weighted by Gasteiger charge is 2.22. The van der Waals surface area contributed by atoms with Gasteiger partial charge in [0.25, 0.3) is 11.8 Å². The second-order valence-corrected chi connectivity index (χ2v) is 7.52. The van der Waals surface area contributed by atoms with Crippen LogP contribution in [0.25, 0.3) is 10.4 Å². The maximum atomic E-state index is 12.7. The van der Waals surface area contributed by atoms with Gasteiger partial charge in [-0.2, -0.15) is 0 Å². The van der Waals surface area contributed by atoms with E-state index >= 15 is 0 Å². The molecule has 0 aliphatic carbocycles. The van der Waals surface area contributed by atoms with E-state index in [2.05, 4.69) is 10.6 Å². The number of thiophene rings is 1. The first kappa shape index (κ1) is 19.0. The molecule has 6 nitrogen and oxygen atoms in total. The predicted octanol–water partition coefficient (Wildman–Crippen LogP) is 4.07. The monoisotopic (exact) mass is 408 g/mol. The molecule has 2 N–H and O–H groups in total. The molecule has 0 saturated heterocycles. The Bertz CT molecular complexity index is 1040. The zero-order chi connectivity index (χ0) is 20.2. The number of para-hydroxylation sites is 1. The van der Waals surface area contributed by atoms with Gasteiger partial charge in [-0.05, 0) is 49.4 Å². The second-order valence-electron chi connectivity index (χ2n) is 6.47. The Kier molecular flexibility index (Phi) is 5.48. The predicted molar refractivity (Wildman–Crippen MR) is 113 cm³/mol. The molecule has 2 aromatic carbocycles. The molecule has 0 bridgehead atoms. The lowest BCUT2D eigenvalue weighted by Crippen LogP contribution is -2.28. The van der Waals surface area contributed by atoms with Crippen LogP contribution in [0.4, 0.5) is 5.69 Å². The summed E-state index contributed by atoms with van der Waals surface area (Å²) in [6.45, 7) is 2.85. The molecule has 0 radical (unpaired) electrons. The van der Waals surface area contributed by atoms with Crippen molar-refractivity contribution < 1.29 is 19.1 Å². The average molecular weight is 408 g/mol. The topological polar surface area (TPSA) is 76.7 Å². The van der Waals surface area contributed by atoms with Gasteiger partial charge in [-0.15, -0.1) is 11.3 Å². The van der Waals surface area contributed by atoms with E-state index in [1.807, 2.05) is 37.3 Å². The lowest BCUT2D eigenvalue weighted by atomic mass is 10.1. The fourth-order valence-corrected chi connectivity index (χ4v) is 4.13. The third-order valence-corrected chi connectivity index (χ3v) is 5.61. The van der Waals surface area contributed by atoms with Crippen LogP contribution in [-0.2, 0) is 11.4 Å². The molecule has 0 saturated carbocycles. The maximum absolute atomic E-state index is 12.7. The molecule has 0 spiro atoms. The van der Waals surface area contributed by atoms with Gasteiger partial charge in [-0.25, -0.2) is 0 Å². The Morgan fingerprint density at radius 2 is 1.93 bits per heavy atom. The number of carbonyl (C=O) groups is 2. The SMILES string of the molecule is CCNC(=O)COc1ccc(NC(=O)c2cc3c(s2)-c2ccccc2OC3)cc1. The Morgan fingerprint density at radius 3 is 2.72 bits per heavy atom. The van der Waals surface area contributed by atoms with Crippen LogP contribution in [0.5, 0.6) is 11.5 Å². The second kappa shape index (κ2) is 8.36. The van der Waals surface area contributed by atoms with Crippen molar-refractivity contribution in [3.8, 4) is 21.9 Å². The van der Waals surface area contributed by atoms with Gasteiger partial charge >= 0.3 is 0 Å². The number of likely N-dealkylation sites (N-methyl/N-ethyl adjacent to an activating group) is 1. The zero-order valence-electron chi connectivity index (χ0n) is 15.9. The molecular weight excluding hydrogens is 388 g/mol. The highest BCUT2D eigenvalue weighted by molar-refractivity contribution is 7.17. The van der Waals surface area contributed by atoms with Gasteiger partial charge in [0.1, 0.15) is 18.1 Å². The summed E-state index contributed by atoms with van der Waals surface area (Å²) in [5.74, 6) is 1.07. The first-order valence-electron chi connectivity index (χ1n) is 9.30. The molecule has 2 heterocycles. The van der Waals surface area contributed by atoms with Crippen LogP contribution in [0, 0.1) is 0 Å². The van der Waals surface area contributed by atoms with E-state index in [4.69, 9.17) is 9.47 Å². The normalized spacial score (nSPS) is 11.6. The molecule has 148 valence electrons. The van der Waals surface area contributed by atoms with Gasteiger partial charge in [-0.1, -0.05) is 12.1 Å². The van der Waals surface area contributed by atoms with E-state index in [1.54, 1.807) is 24.3 Å². The first-order chi connectivity index (χ1) is 14.1. The van der Waals surface area contributed by atoms with Crippen molar-refractivity contribution >= 4 is 28.8 Å². The molecule has 7 heteroatoms. The van der Waals surface area contributed by atoms with Crippen molar-refractivity contribution in [3.05, 3.63) is 65.0 Å². The summed E-state index contributed by atoms with van der Waals surface area (Å²) in [5, 5.41) is 5.57. The lowest BCUT2D eigenvalue weighted by Gasteiger charge is -2.16. The van der Waals surface area contributed by atoms with E-state index < -0.39 is 0 Å². The summed E-state index contributed by atoms with van der Waals surface area (Å²) in [6, 6.07) is 16.7. The number of ether oxygens (including phenoxy) is 2. The van der Waals surface area contributed by atoms with Gasteiger partial charge in [-0.3, -0.25) is 9.59 Å². The summed E-state index contributed by atoms with van der Waals surface area (Å²) in [4.78, 5) is 25.8. The number of benzene rings is 2. The molecule has 0 unspecified atom stereocenters. The van der Waals surface area contributed by atoms with Crippen molar-refractivity contribution in [2.75, 3.05) is 18.5 Å².